The van der Waals surface area contributed by atoms with Gasteiger partial charge in [0.15, 0.2) is 0 Å². The third-order valence-corrected chi connectivity index (χ3v) is 3.13. The third kappa shape index (κ3) is 4.19. The van der Waals surface area contributed by atoms with Gasteiger partial charge in [0.1, 0.15) is 11.9 Å². The SMILES string of the molecule is C[C@H](CN1CCNCC1)Oc1ccc(Cl)cc1. The van der Waals surface area contributed by atoms with Gasteiger partial charge in [-0.3, -0.25) is 4.90 Å². The first kappa shape index (κ1) is 12.7. The molecule has 0 spiro atoms. The van der Waals surface area contributed by atoms with Crippen LogP contribution < -0.4 is 10.1 Å². The van der Waals surface area contributed by atoms with Crippen molar-refractivity contribution in [1.82, 2.24) is 10.2 Å². The summed E-state index contributed by atoms with van der Waals surface area (Å²) in [6, 6.07) is 7.54. The summed E-state index contributed by atoms with van der Waals surface area (Å²) in [6.45, 7) is 7.45. The summed E-state index contributed by atoms with van der Waals surface area (Å²) in [5, 5.41) is 4.09. The summed E-state index contributed by atoms with van der Waals surface area (Å²) < 4.78 is 5.85. The van der Waals surface area contributed by atoms with Crippen molar-refractivity contribution >= 4 is 11.6 Å². The molecule has 1 heterocycles. The number of ether oxygens (including phenoxy) is 1. The Kier molecular flexibility index (Phi) is 4.66. The van der Waals surface area contributed by atoms with E-state index < -0.39 is 0 Å². The zero-order valence-corrected chi connectivity index (χ0v) is 10.9. The second-order valence-corrected chi connectivity index (χ2v) is 4.87. The van der Waals surface area contributed by atoms with Gasteiger partial charge >= 0.3 is 0 Å². The molecule has 0 amide bonds. The standard InChI is InChI=1S/C13H19ClN2O/c1-11(10-16-8-6-15-7-9-16)17-13-4-2-12(14)3-5-13/h2-5,11,15H,6-10H2,1H3/t11-/m1/s1. The molecule has 3 nitrogen and oxygen atoms in total. The molecular formula is C13H19ClN2O. The molecule has 0 radical (unpaired) electrons. The van der Waals surface area contributed by atoms with E-state index in [0.29, 0.717) is 0 Å². The maximum absolute atomic E-state index is 5.85. The van der Waals surface area contributed by atoms with Gasteiger partial charge in [0.05, 0.1) is 0 Å². The van der Waals surface area contributed by atoms with E-state index >= 15 is 0 Å². The highest BCUT2D eigenvalue weighted by Crippen LogP contribution is 2.17. The zero-order valence-electron chi connectivity index (χ0n) is 10.2. The van der Waals surface area contributed by atoms with Crippen LogP contribution in [0.2, 0.25) is 5.02 Å². The largest absolute Gasteiger partial charge is 0.489 e. The molecule has 2 rings (SSSR count). The Morgan fingerprint density at radius 3 is 2.59 bits per heavy atom. The summed E-state index contributed by atoms with van der Waals surface area (Å²) in [5.41, 5.74) is 0. The highest BCUT2D eigenvalue weighted by Gasteiger charge is 2.13. The van der Waals surface area contributed by atoms with E-state index in [1.807, 2.05) is 24.3 Å². The van der Waals surface area contributed by atoms with Crippen LogP contribution >= 0.6 is 11.6 Å². The van der Waals surface area contributed by atoms with Gasteiger partial charge < -0.3 is 10.1 Å². The van der Waals surface area contributed by atoms with Gasteiger partial charge in [-0.25, -0.2) is 0 Å². The molecule has 1 atom stereocenters. The lowest BCUT2D eigenvalue weighted by Crippen LogP contribution is -2.46. The van der Waals surface area contributed by atoms with Crippen molar-refractivity contribution in [1.29, 1.82) is 0 Å². The van der Waals surface area contributed by atoms with E-state index in [2.05, 4.69) is 17.1 Å². The number of nitrogens with one attached hydrogen (secondary N) is 1. The third-order valence-electron chi connectivity index (χ3n) is 2.88. The first-order valence-corrected chi connectivity index (χ1v) is 6.47. The van der Waals surface area contributed by atoms with E-state index in [1.165, 1.54) is 0 Å². The van der Waals surface area contributed by atoms with Crippen molar-refractivity contribution in [3.63, 3.8) is 0 Å². The fourth-order valence-corrected chi connectivity index (χ4v) is 2.17. The molecule has 0 unspecified atom stereocenters. The molecule has 1 saturated heterocycles. The van der Waals surface area contributed by atoms with Crippen LogP contribution in [0, 0.1) is 0 Å². The number of rotatable bonds is 4. The number of hydrogen-bond acceptors (Lipinski definition) is 3. The molecule has 1 aromatic rings. The summed E-state index contributed by atoms with van der Waals surface area (Å²) in [7, 11) is 0. The van der Waals surface area contributed by atoms with Gasteiger partial charge in [-0.2, -0.15) is 0 Å². The molecule has 1 fully saturated rings. The second kappa shape index (κ2) is 6.24. The smallest absolute Gasteiger partial charge is 0.119 e. The van der Waals surface area contributed by atoms with E-state index in [-0.39, 0.29) is 6.10 Å². The first-order valence-electron chi connectivity index (χ1n) is 6.09. The van der Waals surface area contributed by atoms with Gasteiger partial charge in [0, 0.05) is 37.7 Å². The first-order chi connectivity index (χ1) is 8.24. The van der Waals surface area contributed by atoms with Crippen molar-refractivity contribution < 1.29 is 4.74 Å². The second-order valence-electron chi connectivity index (χ2n) is 4.43. The normalized spacial score (nSPS) is 18.9. The number of hydrogen-bond donors (Lipinski definition) is 1. The predicted octanol–water partition coefficient (Wildman–Crippen LogP) is 2.01. The zero-order chi connectivity index (χ0) is 12.1. The fourth-order valence-electron chi connectivity index (χ4n) is 2.04. The molecule has 1 aliphatic rings. The van der Waals surface area contributed by atoms with Crippen LogP contribution in [0.25, 0.3) is 0 Å². The van der Waals surface area contributed by atoms with Gasteiger partial charge in [-0.15, -0.1) is 0 Å². The maximum Gasteiger partial charge on any atom is 0.119 e. The predicted molar refractivity (Wildman–Crippen MR) is 70.9 cm³/mol. The van der Waals surface area contributed by atoms with Crippen LogP contribution in [0.3, 0.4) is 0 Å². The number of piperazine rings is 1. The average molecular weight is 255 g/mol. The Morgan fingerprint density at radius 2 is 1.94 bits per heavy atom. The molecule has 1 N–H and O–H groups in total. The molecule has 0 saturated carbocycles. The quantitative estimate of drug-likeness (QED) is 0.890. The summed E-state index contributed by atoms with van der Waals surface area (Å²) in [5.74, 6) is 0.886. The highest BCUT2D eigenvalue weighted by molar-refractivity contribution is 6.30. The minimum atomic E-state index is 0.203. The van der Waals surface area contributed by atoms with Crippen LogP contribution in [0.1, 0.15) is 6.92 Å². The van der Waals surface area contributed by atoms with Crippen molar-refractivity contribution in [2.24, 2.45) is 0 Å². The molecule has 0 aliphatic carbocycles. The van der Waals surface area contributed by atoms with Crippen molar-refractivity contribution in [2.45, 2.75) is 13.0 Å². The number of halogens is 1. The highest BCUT2D eigenvalue weighted by atomic mass is 35.5. The van der Waals surface area contributed by atoms with Crippen LogP contribution in [-0.2, 0) is 0 Å². The van der Waals surface area contributed by atoms with Crippen LogP contribution in [0.4, 0.5) is 0 Å². The monoisotopic (exact) mass is 254 g/mol. The van der Waals surface area contributed by atoms with Gasteiger partial charge in [-0.1, -0.05) is 11.6 Å². The minimum Gasteiger partial charge on any atom is -0.489 e. The molecule has 4 heteroatoms. The molecule has 17 heavy (non-hydrogen) atoms. The Balaban J connectivity index is 1.79. The molecular weight excluding hydrogens is 236 g/mol. The maximum atomic E-state index is 5.85. The average Bonchev–Trinajstić information content (AvgIpc) is 2.33. The minimum absolute atomic E-state index is 0.203. The van der Waals surface area contributed by atoms with E-state index in [0.717, 1.165) is 43.5 Å². The Bertz CT molecular complexity index is 336. The number of nitrogens with zero attached hydrogens (tertiary/aromatic N) is 1. The van der Waals surface area contributed by atoms with E-state index in [4.69, 9.17) is 16.3 Å². The molecule has 94 valence electrons. The van der Waals surface area contributed by atoms with Crippen molar-refractivity contribution in [3.8, 4) is 5.75 Å². The van der Waals surface area contributed by atoms with Crippen molar-refractivity contribution in [2.75, 3.05) is 32.7 Å². The van der Waals surface area contributed by atoms with E-state index in [1.54, 1.807) is 0 Å². The summed E-state index contributed by atoms with van der Waals surface area (Å²) in [4.78, 5) is 2.43. The van der Waals surface area contributed by atoms with Gasteiger partial charge in [0.25, 0.3) is 0 Å². The summed E-state index contributed by atoms with van der Waals surface area (Å²) >= 11 is 5.83. The van der Waals surface area contributed by atoms with Crippen LogP contribution in [0.15, 0.2) is 24.3 Å². The fraction of sp³-hybridized carbons (Fsp3) is 0.538. The van der Waals surface area contributed by atoms with Crippen molar-refractivity contribution in [3.05, 3.63) is 29.3 Å². The molecule has 0 aromatic heterocycles. The molecule has 1 aromatic carbocycles. The molecule has 0 bridgehead atoms. The molecule has 1 aliphatic heterocycles. The van der Waals surface area contributed by atoms with E-state index in [9.17, 15) is 0 Å². The lowest BCUT2D eigenvalue weighted by Gasteiger charge is -2.29. The summed E-state index contributed by atoms with van der Waals surface area (Å²) in [6.07, 6.45) is 0.203. The lowest BCUT2D eigenvalue weighted by molar-refractivity contribution is 0.135. The van der Waals surface area contributed by atoms with Gasteiger partial charge in [-0.05, 0) is 31.2 Å². The van der Waals surface area contributed by atoms with Crippen LogP contribution in [-0.4, -0.2) is 43.7 Å². The Labute approximate surface area is 108 Å². The van der Waals surface area contributed by atoms with Crippen LogP contribution in [0.5, 0.6) is 5.75 Å². The Morgan fingerprint density at radius 1 is 1.29 bits per heavy atom. The number of benzene rings is 1. The Hall–Kier alpha value is -0.770. The topological polar surface area (TPSA) is 24.5 Å². The van der Waals surface area contributed by atoms with Gasteiger partial charge in [0.2, 0.25) is 0 Å². The lowest BCUT2D eigenvalue weighted by atomic mass is 10.3.